The molecule has 0 atom stereocenters. The summed E-state index contributed by atoms with van der Waals surface area (Å²) in [5.41, 5.74) is 0.507. The molecule has 0 unspecified atom stereocenters. The highest BCUT2D eigenvalue weighted by molar-refractivity contribution is 7.80. The molecule has 0 aliphatic heterocycles. The minimum atomic E-state index is -0.593. The quantitative estimate of drug-likeness (QED) is 0.493. The Kier molecular flexibility index (Phi) is 4.09. The average molecular weight is 235 g/mol. The molecule has 16 heavy (non-hydrogen) atoms. The minimum absolute atomic E-state index is 0.126. The van der Waals surface area contributed by atoms with E-state index in [-0.39, 0.29) is 23.3 Å². The van der Waals surface area contributed by atoms with Gasteiger partial charge in [-0.2, -0.15) is 5.26 Å². The average Bonchev–Trinajstić information content (AvgIpc) is 2.29. The number of esters is 1. The van der Waals surface area contributed by atoms with Gasteiger partial charge in [0.05, 0.1) is 17.7 Å². The second-order valence-electron chi connectivity index (χ2n) is 2.91. The maximum Gasteiger partial charge on any atom is 0.338 e. The van der Waals surface area contributed by atoms with E-state index in [9.17, 15) is 9.59 Å². The zero-order valence-electron chi connectivity index (χ0n) is 8.56. The van der Waals surface area contributed by atoms with E-state index in [0.717, 1.165) is 0 Å². The Hall–Kier alpha value is -1.80. The molecule has 0 aliphatic rings. The van der Waals surface area contributed by atoms with E-state index in [2.05, 4.69) is 12.6 Å². The van der Waals surface area contributed by atoms with Crippen molar-refractivity contribution in [2.75, 3.05) is 6.61 Å². The monoisotopic (exact) mass is 235 g/mol. The van der Waals surface area contributed by atoms with Crippen molar-refractivity contribution >= 4 is 24.9 Å². The maximum atomic E-state index is 11.5. The van der Waals surface area contributed by atoms with E-state index in [0.29, 0.717) is 11.2 Å². The lowest BCUT2D eigenvalue weighted by atomic mass is 10.1. The molecule has 1 aromatic carbocycles. The Bertz CT molecular complexity index is 477. The lowest BCUT2D eigenvalue weighted by molar-refractivity contribution is 0.0524. The number of benzene rings is 1. The molecule has 0 heterocycles. The fraction of sp³-hybridized carbons (Fsp3) is 0.182. The molecule has 0 spiro atoms. The van der Waals surface area contributed by atoms with Crippen molar-refractivity contribution in [2.45, 2.75) is 11.8 Å². The van der Waals surface area contributed by atoms with Crippen LogP contribution >= 0.6 is 12.6 Å². The van der Waals surface area contributed by atoms with E-state index in [1.807, 2.05) is 6.07 Å². The van der Waals surface area contributed by atoms with Gasteiger partial charge in [0.2, 0.25) is 0 Å². The van der Waals surface area contributed by atoms with E-state index in [1.165, 1.54) is 12.1 Å². The zero-order chi connectivity index (χ0) is 12.1. The largest absolute Gasteiger partial charge is 0.462 e. The van der Waals surface area contributed by atoms with Gasteiger partial charge in [0.25, 0.3) is 0 Å². The second kappa shape index (κ2) is 5.33. The van der Waals surface area contributed by atoms with Crippen molar-refractivity contribution < 1.29 is 14.3 Å². The van der Waals surface area contributed by atoms with Gasteiger partial charge in [0.15, 0.2) is 6.29 Å². The Balaban J connectivity index is 3.29. The van der Waals surface area contributed by atoms with Gasteiger partial charge in [-0.05, 0) is 19.1 Å². The first-order chi connectivity index (χ1) is 7.63. The van der Waals surface area contributed by atoms with Crippen LogP contribution in [0.25, 0.3) is 0 Å². The van der Waals surface area contributed by atoms with Gasteiger partial charge in [-0.1, -0.05) is 0 Å². The van der Waals surface area contributed by atoms with Crippen LogP contribution in [0.5, 0.6) is 0 Å². The molecular formula is C11H9NO3S. The van der Waals surface area contributed by atoms with Crippen LogP contribution in [0.15, 0.2) is 17.0 Å². The lowest BCUT2D eigenvalue weighted by Gasteiger charge is -2.06. The van der Waals surface area contributed by atoms with E-state index in [1.54, 1.807) is 6.92 Å². The maximum absolute atomic E-state index is 11.5. The summed E-state index contributed by atoms with van der Waals surface area (Å²) >= 11 is 4.05. The Morgan fingerprint density at radius 2 is 2.31 bits per heavy atom. The molecule has 0 bridgehead atoms. The van der Waals surface area contributed by atoms with Crippen molar-refractivity contribution in [2.24, 2.45) is 0 Å². The Morgan fingerprint density at radius 3 is 2.81 bits per heavy atom. The van der Waals surface area contributed by atoms with Crippen molar-refractivity contribution in [1.29, 1.82) is 5.26 Å². The summed E-state index contributed by atoms with van der Waals surface area (Å²) in [5.74, 6) is -0.593. The fourth-order valence-corrected chi connectivity index (χ4v) is 1.42. The number of carbonyl (C=O) groups excluding carboxylic acids is 2. The molecule has 82 valence electrons. The van der Waals surface area contributed by atoms with Crippen molar-refractivity contribution in [3.05, 3.63) is 28.8 Å². The van der Waals surface area contributed by atoms with Crippen LogP contribution in [0, 0.1) is 11.3 Å². The summed E-state index contributed by atoms with van der Waals surface area (Å²) in [6.45, 7) is 1.89. The summed E-state index contributed by atoms with van der Waals surface area (Å²) in [5, 5.41) is 8.74. The molecule has 5 heteroatoms. The summed E-state index contributed by atoms with van der Waals surface area (Å²) in [7, 11) is 0. The van der Waals surface area contributed by atoms with Crippen LogP contribution in [0.4, 0.5) is 0 Å². The number of ether oxygens (including phenoxy) is 1. The van der Waals surface area contributed by atoms with Crippen molar-refractivity contribution in [3.8, 4) is 6.07 Å². The van der Waals surface area contributed by atoms with Crippen LogP contribution in [-0.4, -0.2) is 18.9 Å². The number of thiol groups is 1. The van der Waals surface area contributed by atoms with E-state index < -0.39 is 5.97 Å². The zero-order valence-corrected chi connectivity index (χ0v) is 9.45. The highest BCUT2D eigenvalue weighted by Crippen LogP contribution is 2.19. The molecule has 0 saturated heterocycles. The summed E-state index contributed by atoms with van der Waals surface area (Å²) in [4.78, 5) is 22.6. The third-order valence-electron chi connectivity index (χ3n) is 1.91. The third kappa shape index (κ3) is 2.41. The fourth-order valence-electron chi connectivity index (χ4n) is 1.18. The van der Waals surface area contributed by atoms with E-state index in [4.69, 9.17) is 10.00 Å². The Labute approximate surface area is 98.2 Å². The molecule has 1 rings (SSSR count). The molecule has 0 amide bonds. The third-order valence-corrected chi connectivity index (χ3v) is 2.28. The Morgan fingerprint density at radius 1 is 1.62 bits per heavy atom. The first kappa shape index (κ1) is 12.3. The van der Waals surface area contributed by atoms with Gasteiger partial charge in [0, 0.05) is 10.5 Å². The van der Waals surface area contributed by atoms with Gasteiger partial charge in [0.1, 0.15) is 6.07 Å². The number of carbonyl (C=O) groups is 2. The molecule has 0 radical (unpaired) electrons. The molecule has 0 N–H and O–H groups in total. The van der Waals surface area contributed by atoms with Gasteiger partial charge in [-0.3, -0.25) is 4.79 Å². The molecule has 0 fully saturated rings. The number of aldehydes is 1. The van der Waals surface area contributed by atoms with Crippen LogP contribution in [-0.2, 0) is 4.74 Å². The number of rotatable bonds is 3. The first-order valence-corrected chi connectivity index (χ1v) is 4.98. The van der Waals surface area contributed by atoms with Gasteiger partial charge < -0.3 is 4.74 Å². The van der Waals surface area contributed by atoms with Crippen LogP contribution in [0.3, 0.4) is 0 Å². The normalized spacial score (nSPS) is 9.31. The molecule has 4 nitrogen and oxygen atoms in total. The highest BCUT2D eigenvalue weighted by Gasteiger charge is 2.14. The van der Waals surface area contributed by atoms with Crippen LogP contribution < -0.4 is 0 Å². The first-order valence-electron chi connectivity index (χ1n) is 4.53. The van der Waals surface area contributed by atoms with E-state index >= 15 is 0 Å². The van der Waals surface area contributed by atoms with Crippen LogP contribution in [0.1, 0.15) is 33.2 Å². The van der Waals surface area contributed by atoms with Crippen LogP contribution in [0.2, 0.25) is 0 Å². The predicted octanol–water partition coefficient (Wildman–Crippen LogP) is 1.84. The second-order valence-corrected chi connectivity index (χ2v) is 3.39. The topological polar surface area (TPSA) is 67.2 Å². The van der Waals surface area contributed by atoms with Gasteiger partial charge in [-0.15, -0.1) is 12.6 Å². The molecule has 0 saturated carbocycles. The van der Waals surface area contributed by atoms with Crippen molar-refractivity contribution in [1.82, 2.24) is 0 Å². The molecule has 0 aliphatic carbocycles. The number of nitrogens with zero attached hydrogens (tertiary/aromatic N) is 1. The summed E-state index contributed by atoms with van der Waals surface area (Å²) in [6, 6.07) is 4.57. The standard InChI is InChI=1S/C11H9NO3S/c1-2-15-11(14)9-4-10(16)7(5-12)3-8(9)6-13/h3-4,6,16H,2H2,1H3. The van der Waals surface area contributed by atoms with Crippen molar-refractivity contribution in [3.63, 3.8) is 0 Å². The minimum Gasteiger partial charge on any atom is -0.462 e. The van der Waals surface area contributed by atoms with Gasteiger partial charge in [-0.25, -0.2) is 4.79 Å². The number of hydrogen-bond acceptors (Lipinski definition) is 5. The molecule has 1 aromatic rings. The lowest BCUT2D eigenvalue weighted by Crippen LogP contribution is -2.08. The summed E-state index contributed by atoms with van der Waals surface area (Å²) in [6.07, 6.45) is 0.514. The summed E-state index contributed by atoms with van der Waals surface area (Å²) < 4.78 is 4.78. The predicted molar refractivity (Wildman–Crippen MR) is 59.8 cm³/mol. The SMILES string of the molecule is CCOC(=O)c1cc(S)c(C#N)cc1C=O. The number of nitriles is 1. The molecular weight excluding hydrogens is 226 g/mol. The smallest absolute Gasteiger partial charge is 0.338 e. The molecule has 0 aromatic heterocycles. The van der Waals surface area contributed by atoms with Gasteiger partial charge >= 0.3 is 5.97 Å². The number of hydrogen-bond donors (Lipinski definition) is 1. The highest BCUT2D eigenvalue weighted by atomic mass is 32.1.